The van der Waals surface area contributed by atoms with Crippen molar-refractivity contribution in [3.05, 3.63) is 88.5 Å². The monoisotopic (exact) mass is 492 g/mol. The molecule has 1 aliphatic rings. The van der Waals surface area contributed by atoms with Gasteiger partial charge < -0.3 is 4.74 Å². The van der Waals surface area contributed by atoms with E-state index >= 15 is 0 Å². The zero-order valence-corrected chi connectivity index (χ0v) is 19.3. The Hall–Kier alpha value is -2.96. The molecule has 3 aromatic rings. The normalized spacial score (nSPS) is 18.0. The van der Waals surface area contributed by atoms with Crippen LogP contribution in [0.15, 0.2) is 42.5 Å². The molecule has 0 spiro atoms. The summed E-state index contributed by atoms with van der Waals surface area (Å²) in [6.45, 7) is 2.25. The first-order valence-electron chi connectivity index (χ1n) is 11.8. The number of hydrogen-bond donors (Lipinski definition) is 0. The van der Waals surface area contributed by atoms with Gasteiger partial charge in [-0.3, -0.25) is 0 Å². The molecule has 0 N–H and O–H groups in total. The molecule has 0 amide bonds. The molecule has 0 bridgehead atoms. The maximum absolute atomic E-state index is 14.6. The van der Waals surface area contributed by atoms with Crippen molar-refractivity contribution in [3.63, 3.8) is 0 Å². The quantitative estimate of drug-likeness (QED) is 0.237. The van der Waals surface area contributed by atoms with Crippen molar-refractivity contribution in [1.82, 2.24) is 0 Å². The molecule has 1 nitrogen and oxygen atoms in total. The number of ether oxygens (including phenoxy) is 1. The summed E-state index contributed by atoms with van der Waals surface area (Å²) in [7, 11) is 0. The van der Waals surface area contributed by atoms with Crippen LogP contribution in [0.1, 0.15) is 56.1 Å². The van der Waals surface area contributed by atoms with Crippen LogP contribution >= 0.6 is 0 Å². The van der Waals surface area contributed by atoms with Gasteiger partial charge in [0, 0.05) is 11.6 Å². The zero-order valence-electron chi connectivity index (χ0n) is 19.3. The van der Waals surface area contributed by atoms with E-state index < -0.39 is 34.9 Å². The van der Waals surface area contributed by atoms with Crippen molar-refractivity contribution in [1.29, 1.82) is 0 Å². The van der Waals surface area contributed by atoms with E-state index in [4.69, 9.17) is 4.74 Å². The summed E-state index contributed by atoms with van der Waals surface area (Å²) in [6, 6.07) is 8.79. The Morgan fingerprint density at radius 1 is 0.743 bits per heavy atom. The predicted molar refractivity (Wildman–Crippen MR) is 122 cm³/mol. The van der Waals surface area contributed by atoms with Crippen LogP contribution in [0.3, 0.4) is 0 Å². The van der Waals surface area contributed by atoms with Gasteiger partial charge in [0.15, 0.2) is 29.1 Å². The fraction of sp³-hybridized carbons (Fsp3) is 0.357. The van der Waals surface area contributed by atoms with Gasteiger partial charge in [-0.25, -0.2) is 26.3 Å². The van der Waals surface area contributed by atoms with Crippen molar-refractivity contribution >= 4 is 0 Å². The smallest absolute Gasteiger partial charge is 0.194 e. The second-order valence-corrected chi connectivity index (χ2v) is 9.12. The summed E-state index contributed by atoms with van der Waals surface area (Å²) in [4.78, 5) is 0. The molecule has 3 aromatic carbocycles. The lowest BCUT2D eigenvalue weighted by Gasteiger charge is -2.29. The summed E-state index contributed by atoms with van der Waals surface area (Å²) in [5, 5.41) is 0. The fourth-order valence-electron chi connectivity index (χ4n) is 4.77. The highest BCUT2D eigenvalue weighted by molar-refractivity contribution is 5.65. The molecule has 0 unspecified atom stereocenters. The maximum atomic E-state index is 14.6. The minimum Gasteiger partial charge on any atom is -0.493 e. The first-order chi connectivity index (χ1) is 16.8. The summed E-state index contributed by atoms with van der Waals surface area (Å²) < 4.78 is 89.4. The van der Waals surface area contributed by atoms with Gasteiger partial charge in [-0.1, -0.05) is 25.5 Å². The van der Waals surface area contributed by atoms with Crippen molar-refractivity contribution < 1.29 is 31.1 Å². The molecule has 35 heavy (non-hydrogen) atoms. The molecule has 7 heteroatoms. The third kappa shape index (κ3) is 5.49. The van der Waals surface area contributed by atoms with Crippen LogP contribution in [-0.4, -0.2) is 6.61 Å². The van der Waals surface area contributed by atoms with Crippen LogP contribution < -0.4 is 4.74 Å². The Kier molecular flexibility index (Phi) is 7.72. The molecular formula is C28H26F6O. The maximum Gasteiger partial charge on any atom is 0.194 e. The van der Waals surface area contributed by atoms with E-state index in [2.05, 4.69) is 0 Å². The lowest BCUT2D eigenvalue weighted by atomic mass is 9.78. The Morgan fingerprint density at radius 3 is 2.06 bits per heavy atom. The van der Waals surface area contributed by atoms with Crippen molar-refractivity contribution in [3.8, 4) is 16.9 Å². The first kappa shape index (κ1) is 25.1. The van der Waals surface area contributed by atoms with Crippen LogP contribution in [-0.2, 0) is 6.42 Å². The van der Waals surface area contributed by atoms with Crippen LogP contribution in [0.2, 0.25) is 0 Å². The van der Waals surface area contributed by atoms with Gasteiger partial charge in [-0.2, -0.15) is 0 Å². The Labute approximate surface area is 200 Å². The molecule has 0 atom stereocenters. The molecule has 1 fully saturated rings. The average molecular weight is 493 g/mol. The van der Waals surface area contributed by atoms with E-state index in [-0.39, 0.29) is 28.7 Å². The molecule has 0 aromatic heterocycles. The van der Waals surface area contributed by atoms with Gasteiger partial charge in [0.2, 0.25) is 0 Å². The molecule has 0 heterocycles. The second-order valence-electron chi connectivity index (χ2n) is 9.12. The third-order valence-electron chi connectivity index (χ3n) is 6.72. The summed E-state index contributed by atoms with van der Waals surface area (Å²) in [6.07, 6.45) is 4.18. The standard InChI is InChI=1S/C28H26F6O/c1-2-3-18-8-10-22(27(33)26(18)32)17-6-4-16(5-7-17)15-35-20-9-11-21(23(29)14-20)19-12-24(30)28(34)25(31)13-19/h8-14,16-17H,2-7,15H2,1H3. The van der Waals surface area contributed by atoms with Crippen LogP contribution in [0.4, 0.5) is 26.3 Å². The molecular weight excluding hydrogens is 466 g/mol. The molecule has 1 saturated carbocycles. The van der Waals surface area contributed by atoms with Gasteiger partial charge in [0.05, 0.1) is 6.61 Å². The lowest BCUT2D eigenvalue weighted by Crippen LogP contribution is -2.20. The Bertz CT molecular complexity index is 1180. The Morgan fingerprint density at radius 2 is 1.43 bits per heavy atom. The van der Waals surface area contributed by atoms with E-state index in [9.17, 15) is 26.3 Å². The highest BCUT2D eigenvalue weighted by Crippen LogP contribution is 2.38. The number of benzene rings is 3. The third-order valence-corrected chi connectivity index (χ3v) is 6.72. The SMILES string of the molecule is CCCc1ccc(C2CCC(COc3ccc(-c4cc(F)c(F)c(F)c4)c(F)c3)CC2)c(F)c1F. The van der Waals surface area contributed by atoms with Gasteiger partial charge in [-0.15, -0.1) is 0 Å². The minimum absolute atomic E-state index is 0.0512. The van der Waals surface area contributed by atoms with Gasteiger partial charge in [0.25, 0.3) is 0 Å². The molecule has 0 saturated heterocycles. The first-order valence-corrected chi connectivity index (χ1v) is 11.8. The van der Waals surface area contributed by atoms with Gasteiger partial charge in [0.1, 0.15) is 11.6 Å². The second kappa shape index (κ2) is 10.8. The van der Waals surface area contributed by atoms with Gasteiger partial charge >= 0.3 is 0 Å². The minimum atomic E-state index is -1.61. The number of aryl methyl sites for hydroxylation is 1. The predicted octanol–water partition coefficient (Wildman–Crippen LogP) is 8.49. The number of halogens is 6. The van der Waals surface area contributed by atoms with Crippen molar-refractivity contribution in [2.75, 3.05) is 6.61 Å². The summed E-state index contributed by atoms with van der Waals surface area (Å²) >= 11 is 0. The average Bonchev–Trinajstić information content (AvgIpc) is 2.84. The number of hydrogen-bond acceptors (Lipinski definition) is 1. The van der Waals surface area contributed by atoms with Crippen molar-refractivity contribution in [2.24, 2.45) is 5.92 Å². The molecule has 4 rings (SSSR count). The van der Waals surface area contributed by atoms with E-state index in [0.717, 1.165) is 37.5 Å². The summed E-state index contributed by atoms with van der Waals surface area (Å²) in [5.74, 6) is -6.24. The largest absolute Gasteiger partial charge is 0.493 e. The van der Waals surface area contributed by atoms with Crippen LogP contribution in [0.5, 0.6) is 5.75 Å². The van der Waals surface area contributed by atoms with E-state index in [1.807, 2.05) is 6.92 Å². The fourth-order valence-corrected chi connectivity index (χ4v) is 4.77. The van der Waals surface area contributed by atoms with E-state index in [1.165, 1.54) is 12.1 Å². The van der Waals surface area contributed by atoms with Crippen LogP contribution in [0.25, 0.3) is 11.1 Å². The topological polar surface area (TPSA) is 9.23 Å². The van der Waals surface area contributed by atoms with Crippen molar-refractivity contribution in [2.45, 2.75) is 51.4 Å². The number of rotatable bonds is 7. The van der Waals surface area contributed by atoms with E-state index in [0.29, 0.717) is 37.0 Å². The molecule has 0 radical (unpaired) electrons. The highest BCUT2D eigenvalue weighted by atomic mass is 19.2. The van der Waals surface area contributed by atoms with Crippen LogP contribution in [0, 0.1) is 40.8 Å². The van der Waals surface area contributed by atoms with E-state index in [1.54, 1.807) is 12.1 Å². The lowest BCUT2D eigenvalue weighted by molar-refractivity contribution is 0.198. The molecule has 0 aliphatic heterocycles. The highest BCUT2D eigenvalue weighted by Gasteiger charge is 2.26. The molecule has 1 aliphatic carbocycles. The molecule has 186 valence electrons. The summed E-state index contributed by atoms with van der Waals surface area (Å²) in [5.41, 5.74) is 0.641. The van der Waals surface area contributed by atoms with Gasteiger partial charge in [-0.05, 0) is 84.9 Å². The zero-order chi connectivity index (χ0) is 25.1. The Balaban J connectivity index is 1.35.